The van der Waals surface area contributed by atoms with Crippen molar-refractivity contribution in [3.05, 3.63) is 73.1 Å². The van der Waals surface area contributed by atoms with Gasteiger partial charge in [-0.15, -0.1) is 0 Å². The molecule has 45 heavy (non-hydrogen) atoms. The lowest BCUT2D eigenvalue weighted by Gasteiger charge is -2.17. The second-order valence-corrected chi connectivity index (χ2v) is 12.7. The number of hydrogen-bond donors (Lipinski definition) is 4. The molecule has 11 heteroatoms. The number of benzene rings is 1. The van der Waals surface area contributed by atoms with Gasteiger partial charge in [-0.25, -0.2) is 9.37 Å². The van der Waals surface area contributed by atoms with E-state index in [4.69, 9.17) is 0 Å². The highest BCUT2D eigenvalue weighted by Crippen LogP contribution is 2.35. The summed E-state index contributed by atoms with van der Waals surface area (Å²) in [5.74, 6) is -0.380. The molecule has 0 unspecified atom stereocenters. The van der Waals surface area contributed by atoms with E-state index in [2.05, 4.69) is 45.7 Å². The molecule has 0 bridgehead atoms. The minimum Gasteiger partial charge on any atom is -0.384 e. The summed E-state index contributed by atoms with van der Waals surface area (Å²) < 4.78 is 14.7. The van der Waals surface area contributed by atoms with Gasteiger partial charge in [-0.1, -0.05) is 20.8 Å². The highest BCUT2D eigenvalue weighted by atomic mass is 19.1. The van der Waals surface area contributed by atoms with Crippen molar-refractivity contribution in [1.82, 2.24) is 35.0 Å². The van der Waals surface area contributed by atoms with Crippen molar-refractivity contribution in [2.24, 2.45) is 5.41 Å². The first-order chi connectivity index (χ1) is 21.5. The third kappa shape index (κ3) is 6.83. The van der Waals surface area contributed by atoms with Gasteiger partial charge in [0.1, 0.15) is 17.2 Å². The molecule has 6 aromatic rings. The number of amides is 1. The van der Waals surface area contributed by atoms with Gasteiger partial charge in [0.05, 0.1) is 35.0 Å². The fourth-order valence-corrected chi connectivity index (χ4v) is 5.29. The Morgan fingerprint density at radius 2 is 1.78 bits per heavy atom. The number of halogens is 1. The molecule has 230 valence electrons. The largest absolute Gasteiger partial charge is 0.384 e. The molecule has 0 aliphatic carbocycles. The Balaban J connectivity index is 1.33. The molecule has 10 nitrogen and oxygen atoms in total. The smallest absolute Gasteiger partial charge is 0.224 e. The minimum absolute atomic E-state index is 0.0659. The van der Waals surface area contributed by atoms with Crippen LogP contribution < -0.4 is 10.6 Å². The van der Waals surface area contributed by atoms with Crippen molar-refractivity contribution in [3.63, 3.8) is 0 Å². The van der Waals surface area contributed by atoms with Crippen molar-refractivity contribution in [2.75, 3.05) is 37.8 Å². The van der Waals surface area contributed by atoms with Crippen LogP contribution in [0.1, 0.15) is 27.2 Å². The lowest BCUT2D eigenvalue weighted by Crippen LogP contribution is -2.20. The molecule has 0 fully saturated rings. The summed E-state index contributed by atoms with van der Waals surface area (Å²) in [4.78, 5) is 31.5. The number of carbonyl (C=O) groups excluding carboxylic acids is 1. The van der Waals surface area contributed by atoms with Crippen LogP contribution in [0.25, 0.3) is 55.7 Å². The van der Waals surface area contributed by atoms with Gasteiger partial charge in [0.2, 0.25) is 5.91 Å². The summed E-state index contributed by atoms with van der Waals surface area (Å²) >= 11 is 0. The molecule has 0 atom stereocenters. The Bertz CT molecular complexity index is 2000. The third-order valence-electron chi connectivity index (χ3n) is 7.34. The van der Waals surface area contributed by atoms with Gasteiger partial charge >= 0.3 is 0 Å². The fraction of sp³-hybridized carbons (Fsp3) is 0.265. The molecule has 0 saturated carbocycles. The van der Waals surface area contributed by atoms with Crippen LogP contribution in [-0.4, -0.2) is 68.1 Å². The monoisotopic (exact) mass is 605 g/mol. The van der Waals surface area contributed by atoms with Crippen LogP contribution in [0.15, 0.2) is 67.3 Å². The molecule has 5 heterocycles. The van der Waals surface area contributed by atoms with Gasteiger partial charge in [0, 0.05) is 53.9 Å². The molecule has 0 spiro atoms. The van der Waals surface area contributed by atoms with Crippen LogP contribution in [0.2, 0.25) is 0 Å². The summed E-state index contributed by atoms with van der Waals surface area (Å²) in [6.07, 6.45) is 7.19. The number of hydrogen-bond acceptors (Lipinski definition) is 7. The van der Waals surface area contributed by atoms with Crippen LogP contribution in [0.3, 0.4) is 0 Å². The second-order valence-electron chi connectivity index (χ2n) is 12.7. The Hall–Kier alpha value is -5.16. The number of aromatic amines is 2. The number of fused-ring (bicyclic) bond motifs is 2. The Kier molecular flexibility index (Phi) is 8.03. The molecule has 0 saturated heterocycles. The average molecular weight is 606 g/mol. The highest BCUT2D eigenvalue weighted by molar-refractivity contribution is 6.00. The molecule has 1 aromatic carbocycles. The van der Waals surface area contributed by atoms with Gasteiger partial charge in [-0.2, -0.15) is 5.10 Å². The van der Waals surface area contributed by atoms with E-state index in [1.165, 1.54) is 12.1 Å². The van der Waals surface area contributed by atoms with Crippen molar-refractivity contribution < 1.29 is 9.18 Å². The second kappa shape index (κ2) is 12.1. The van der Waals surface area contributed by atoms with E-state index in [1.807, 2.05) is 65.2 Å². The number of carbonyl (C=O) groups is 1. The lowest BCUT2D eigenvalue weighted by molar-refractivity contribution is -0.117. The molecule has 0 radical (unpaired) electrons. The van der Waals surface area contributed by atoms with E-state index in [-0.39, 0.29) is 17.1 Å². The summed E-state index contributed by atoms with van der Waals surface area (Å²) in [5, 5.41) is 15.6. The van der Waals surface area contributed by atoms with Gasteiger partial charge < -0.3 is 20.5 Å². The van der Waals surface area contributed by atoms with E-state index in [9.17, 15) is 9.18 Å². The van der Waals surface area contributed by atoms with Gasteiger partial charge in [0.25, 0.3) is 0 Å². The number of rotatable bonds is 9. The topological polar surface area (TPSA) is 128 Å². The van der Waals surface area contributed by atoms with Crippen molar-refractivity contribution in [2.45, 2.75) is 27.2 Å². The minimum atomic E-state index is -0.314. The van der Waals surface area contributed by atoms with Gasteiger partial charge in [0.15, 0.2) is 0 Å². The molecule has 0 aliphatic heterocycles. The standard InChI is InChI=1S/C34H36FN9O/c1-34(2,3)16-31(45)40-24-12-21(17-36-18-24)28-15-27-30(19-39-28)42-43-32(27)29-14-26-25(6-7-38-33(26)41-29)20-10-22(35)13-23(11-20)37-8-9-44(4)5/h6-7,10-15,17-19,37H,8-9,16H2,1-5H3,(H,38,41)(H,40,45)(H,42,43). The number of aromatic nitrogens is 6. The predicted octanol–water partition coefficient (Wildman–Crippen LogP) is 6.72. The van der Waals surface area contributed by atoms with Crippen LogP contribution in [0.4, 0.5) is 15.8 Å². The fourth-order valence-electron chi connectivity index (χ4n) is 5.29. The van der Waals surface area contributed by atoms with Gasteiger partial charge in [-0.3, -0.25) is 19.9 Å². The normalized spacial score (nSPS) is 11.9. The molecule has 4 N–H and O–H groups in total. The van der Waals surface area contributed by atoms with Crippen molar-refractivity contribution in [1.29, 1.82) is 0 Å². The number of nitrogens with zero attached hydrogens (tertiary/aromatic N) is 5. The molecular weight excluding hydrogens is 569 g/mol. The zero-order valence-corrected chi connectivity index (χ0v) is 26.0. The number of pyridine rings is 3. The van der Waals surface area contributed by atoms with Crippen LogP contribution in [-0.2, 0) is 4.79 Å². The first-order valence-electron chi connectivity index (χ1n) is 14.8. The summed E-state index contributed by atoms with van der Waals surface area (Å²) in [7, 11) is 4.00. The summed E-state index contributed by atoms with van der Waals surface area (Å²) in [6, 6.07) is 12.7. The number of nitrogens with one attached hydrogen (secondary N) is 4. The summed E-state index contributed by atoms with van der Waals surface area (Å²) in [6.45, 7) is 7.60. The lowest BCUT2D eigenvalue weighted by atomic mass is 9.92. The summed E-state index contributed by atoms with van der Waals surface area (Å²) in [5.41, 5.74) is 7.16. The molecule has 6 rings (SSSR count). The maximum Gasteiger partial charge on any atom is 0.224 e. The Morgan fingerprint density at radius 1 is 0.956 bits per heavy atom. The quantitative estimate of drug-likeness (QED) is 0.144. The van der Waals surface area contributed by atoms with E-state index >= 15 is 0 Å². The van der Waals surface area contributed by atoms with Crippen LogP contribution in [0.5, 0.6) is 0 Å². The van der Waals surface area contributed by atoms with E-state index < -0.39 is 0 Å². The van der Waals surface area contributed by atoms with E-state index in [0.717, 1.165) is 50.9 Å². The van der Waals surface area contributed by atoms with Crippen LogP contribution >= 0.6 is 0 Å². The number of H-pyrrole nitrogens is 2. The number of anilines is 2. The predicted molar refractivity (Wildman–Crippen MR) is 177 cm³/mol. The highest BCUT2D eigenvalue weighted by Gasteiger charge is 2.18. The molecular formula is C34H36FN9O. The zero-order valence-electron chi connectivity index (χ0n) is 26.0. The van der Waals surface area contributed by atoms with E-state index in [1.54, 1.807) is 24.8 Å². The van der Waals surface area contributed by atoms with Crippen molar-refractivity contribution in [3.8, 4) is 33.8 Å². The van der Waals surface area contributed by atoms with Crippen molar-refractivity contribution >= 4 is 39.2 Å². The maximum absolute atomic E-state index is 14.7. The SMILES string of the molecule is CN(C)CCNc1cc(F)cc(-c2ccnc3[nH]c(-c4n[nH]c5cnc(-c6cncc(NC(=O)CC(C)(C)C)c6)cc45)cc23)c1. The van der Waals surface area contributed by atoms with Gasteiger partial charge in [-0.05, 0) is 73.1 Å². The van der Waals surface area contributed by atoms with E-state index in [0.29, 0.717) is 35.7 Å². The Morgan fingerprint density at radius 3 is 2.58 bits per heavy atom. The number of likely N-dealkylation sites (N-methyl/N-ethyl adjacent to an activating group) is 1. The zero-order chi connectivity index (χ0) is 31.7. The first-order valence-corrected chi connectivity index (χ1v) is 14.8. The maximum atomic E-state index is 14.7. The molecule has 1 amide bonds. The third-order valence-corrected chi connectivity index (χ3v) is 7.34. The van der Waals surface area contributed by atoms with Crippen LogP contribution in [0, 0.1) is 11.2 Å². The molecule has 5 aromatic heterocycles. The average Bonchev–Trinajstić information content (AvgIpc) is 3.59. The molecule has 0 aliphatic rings. The first kappa shape index (κ1) is 29.9. The Labute approximate surface area is 260 Å².